The molecule has 1 N–H and O–H groups in total. The van der Waals surface area contributed by atoms with Gasteiger partial charge in [0.05, 0.1) is 4.92 Å². The van der Waals surface area contributed by atoms with Crippen LogP contribution in [0.1, 0.15) is 34.3 Å². The van der Waals surface area contributed by atoms with Gasteiger partial charge in [-0.2, -0.15) is 0 Å². The van der Waals surface area contributed by atoms with E-state index in [2.05, 4.69) is 5.32 Å². The van der Waals surface area contributed by atoms with Gasteiger partial charge in [0.2, 0.25) is 5.91 Å². The number of nitrogens with one attached hydrogen (secondary N) is 1. The van der Waals surface area contributed by atoms with Crippen LogP contribution in [0.2, 0.25) is 0 Å². The second kappa shape index (κ2) is 8.65. The lowest BCUT2D eigenvalue weighted by molar-refractivity contribution is -0.384. The highest BCUT2D eigenvalue weighted by Gasteiger charge is 2.27. The normalized spacial score (nSPS) is 14.5. The number of piperidine rings is 1. The SMILES string of the molecule is Cc1ccc(CNC(=O)C2CCN(C(=O)c3ccc([N+](=O)[O-])cc3)CC2)cc1. The van der Waals surface area contributed by atoms with Gasteiger partial charge in [0, 0.05) is 43.2 Å². The lowest BCUT2D eigenvalue weighted by Crippen LogP contribution is -2.42. The maximum Gasteiger partial charge on any atom is 0.269 e. The second-order valence-electron chi connectivity index (χ2n) is 7.07. The van der Waals surface area contributed by atoms with Crippen LogP contribution in [-0.4, -0.2) is 34.7 Å². The number of amides is 2. The van der Waals surface area contributed by atoms with E-state index in [-0.39, 0.29) is 23.4 Å². The molecule has 0 spiro atoms. The van der Waals surface area contributed by atoms with Crippen molar-refractivity contribution >= 4 is 17.5 Å². The average molecular weight is 381 g/mol. The molecule has 28 heavy (non-hydrogen) atoms. The number of hydrogen-bond donors (Lipinski definition) is 1. The number of nitrogens with zero attached hydrogens (tertiary/aromatic N) is 2. The van der Waals surface area contributed by atoms with E-state index in [1.807, 2.05) is 31.2 Å². The maximum absolute atomic E-state index is 12.6. The number of non-ortho nitro benzene ring substituents is 1. The smallest absolute Gasteiger partial charge is 0.269 e. The van der Waals surface area contributed by atoms with Crippen LogP contribution in [0, 0.1) is 23.0 Å². The molecule has 0 radical (unpaired) electrons. The number of nitro benzene ring substituents is 1. The molecule has 1 saturated heterocycles. The molecule has 3 rings (SSSR count). The minimum absolute atomic E-state index is 0.0167. The summed E-state index contributed by atoms with van der Waals surface area (Å²) in [5.74, 6) is -0.247. The fourth-order valence-electron chi connectivity index (χ4n) is 3.29. The van der Waals surface area contributed by atoms with Gasteiger partial charge in [-0.3, -0.25) is 19.7 Å². The summed E-state index contributed by atoms with van der Waals surface area (Å²) in [6.07, 6.45) is 1.22. The zero-order valence-electron chi connectivity index (χ0n) is 15.8. The van der Waals surface area contributed by atoms with Crippen LogP contribution < -0.4 is 5.32 Å². The Bertz CT molecular complexity index is 854. The third-order valence-corrected chi connectivity index (χ3v) is 5.07. The van der Waals surface area contributed by atoms with Crippen LogP contribution in [0.15, 0.2) is 48.5 Å². The van der Waals surface area contributed by atoms with Gasteiger partial charge in [-0.05, 0) is 37.5 Å². The number of hydrogen-bond acceptors (Lipinski definition) is 4. The first-order chi connectivity index (χ1) is 13.4. The molecule has 0 aromatic heterocycles. The summed E-state index contributed by atoms with van der Waals surface area (Å²) >= 11 is 0. The van der Waals surface area contributed by atoms with Crippen LogP contribution in [0.4, 0.5) is 5.69 Å². The van der Waals surface area contributed by atoms with E-state index >= 15 is 0 Å². The van der Waals surface area contributed by atoms with E-state index in [4.69, 9.17) is 0 Å². The first kappa shape index (κ1) is 19.5. The molecule has 2 aromatic carbocycles. The molecule has 0 saturated carbocycles. The fourth-order valence-corrected chi connectivity index (χ4v) is 3.29. The molecule has 2 amide bonds. The second-order valence-corrected chi connectivity index (χ2v) is 7.07. The third-order valence-electron chi connectivity index (χ3n) is 5.07. The van der Waals surface area contributed by atoms with E-state index in [1.54, 1.807) is 4.90 Å². The number of benzene rings is 2. The van der Waals surface area contributed by atoms with E-state index < -0.39 is 4.92 Å². The van der Waals surface area contributed by atoms with Crippen molar-refractivity contribution in [1.29, 1.82) is 0 Å². The maximum atomic E-state index is 12.6. The number of carbonyl (C=O) groups is 2. The third kappa shape index (κ3) is 4.73. The van der Waals surface area contributed by atoms with Gasteiger partial charge in [0.15, 0.2) is 0 Å². The Labute approximate surface area is 163 Å². The lowest BCUT2D eigenvalue weighted by atomic mass is 9.95. The zero-order chi connectivity index (χ0) is 20.1. The van der Waals surface area contributed by atoms with E-state index in [0.717, 1.165) is 5.56 Å². The Kier molecular flexibility index (Phi) is 6.03. The highest BCUT2D eigenvalue weighted by atomic mass is 16.6. The Morgan fingerprint density at radius 1 is 1.07 bits per heavy atom. The average Bonchev–Trinajstić information content (AvgIpc) is 2.73. The molecule has 7 heteroatoms. The van der Waals surface area contributed by atoms with Crippen molar-refractivity contribution in [2.45, 2.75) is 26.3 Å². The van der Waals surface area contributed by atoms with E-state index in [1.165, 1.54) is 29.8 Å². The van der Waals surface area contributed by atoms with Crippen LogP contribution in [-0.2, 0) is 11.3 Å². The summed E-state index contributed by atoms with van der Waals surface area (Å²) < 4.78 is 0. The number of carbonyl (C=O) groups excluding carboxylic acids is 2. The summed E-state index contributed by atoms with van der Waals surface area (Å²) in [5.41, 5.74) is 2.62. The van der Waals surface area contributed by atoms with Crippen LogP contribution in [0.3, 0.4) is 0 Å². The fraction of sp³-hybridized carbons (Fsp3) is 0.333. The summed E-state index contributed by atoms with van der Waals surface area (Å²) in [7, 11) is 0. The van der Waals surface area contributed by atoms with Gasteiger partial charge in [0.25, 0.3) is 11.6 Å². The van der Waals surface area contributed by atoms with Gasteiger partial charge in [-0.15, -0.1) is 0 Å². The minimum Gasteiger partial charge on any atom is -0.352 e. The zero-order valence-corrected chi connectivity index (χ0v) is 15.8. The summed E-state index contributed by atoms with van der Waals surface area (Å²) in [6.45, 7) is 3.52. The molecule has 1 aliphatic rings. The molecule has 0 unspecified atom stereocenters. The quantitative estimate of drug-likeness (QED) is 0.636. The predicted octanol–water partition coefficient (Wildman–Crippen LogP) is 3.07. The van der Waals surface area contributed by atoms with Crippen molar-refractivity contribution in [2.24, 2.45) is 5.92 Å². The Hall–Kier alpha value is -3.22. The van der Waals surface area contributed by atoms with Crippen LogP contribution >= 0.6 is 0 Å². The summed E-state index contributed by atoms with van der Waals surface area (Å²) in [4.78, 5) is 36.9. The van der Waals surface area contributed by atoms with Gasteiger partial charge >= 0.3 is 0 Å². The molecular weight excluding hydrogens is 358 g/mol. The molecule has 0 bridgehead atoms. The first-order valence-corrected chi connectivity index (χ1v) is 9.31. The van der Waals surface area contributed by atoms with Crippen molar-refractivity contribution in [2.75, 3.05) is 13.1 Å². The molecule has 1 fully saturated rings. The number of likely N-dealkylation sites (tertiary alicyclic amines) is 1. The molecule has 2 aromatic rings. The van der Waals surface area contributed by atoms with Gasteiger partial charge in [-0.1, -0.05) is 29.8 Å². The monoisotopic (exact) mass is 381 g/mol. The van der Waals surface area contributed by atoms with Gasteiger partial charge in [0.1, 0.15) is 0 Å². The molecule has 0 atom stereocenters. The molecule has 7 nitrogen and oxygen atoms in total. The number of rotatable bonds is 5. The largest absolute Gasteiger partial charge is 0.352 e. The standard InChI is InChI=1S/C21H23N3O4/c1-15-2-4-16(5-3-15)14-22-20(25)17-10-12-23(13-11-17)21(26)18-6-8-19(9-7-18)24(27)28/h2-9,17H,10-14H2,1H3,(H,22,25). The van der Waals surface area contributed by atoms with Crippen molar-refractivity contribution in [3.05, 3.63) is 75.3 Å². The first-order valence-electron chi connectivity index (χ1n) is 9.31. The predicted molar refractivity (Wildman–Crippen MR) is 105 cm³/mol. The highest BCUT2D eigenvalue weighted by molar-refractivity contribution is 5.94. The van der Waals surface area contributed by atoms with Gasteiger partial charge < -0.3 is 10.2 Å². The Morgan fingerprint density at radius 2 is 1.68 bits per heavy atom. The van der Waals surface area contributed by atoms with Gasteiger partial charge in [-0.25, -0.2) is 0 Å². The van der Waals surface area contributed by atoms with E-state index in [9.17, 15) is 19.7 Å². The van der Waals surface area contributed by atoms with Crippen molar-refractivity contribution in [3.8, 4) is 0 Å². The topological polar surface area (TPSA) is 92.6 Å². The van der Waals surface area contributed by atoms with Crippen molar-refractivity contribution < 1.29 is 14.5 Å². The summed E-state index contributed by atoms with van der Waals surface area (Å²) in [6, 6.07) is 13.6. The lowest BCUT2D eigenvalue weighted by Gasteiger charge is -2.31. The van der Waals surface area contributed by atoms with Crippen LogP contribution in [0.25, 0.3) is 0 Å². The number of aryl methyl sites for hydroxylation is 1. The molecule has 0 aliphatic carbocycles. The molecular formula is C21H23N3O4. The molecule has 1 heterocycles. The molecule has 1 aliphatic heterocycles. The number of nitro groups is 1. The van der Waals surface area contributed by atoms with Crippen LogP contribution in [0.5, 0.6) is 0 Å². The Morgan fingerprint density at radius 3 is 2.25 bits per heavy atom. The van der Waals surface area contributed by atoms with E-state index in [0.29, 0.717) is 38.0 Å². The molecule has 146 valence electrons. The Balaban J connectivity index is 1.49. The summed E-state index contributed by atoms with van der Waals surface area (Å²) in [5, 5.41) is 13.7. The van der Waals surface area contributed by atoms with Crippen molar-refractivity contribution in [3.63, 3.8) is 0 Å². The van der Waals surface area contributed by atoms with Crippen molar-refractivity contribution in [1.82, 2.24) is 10.2 Å². The highest BCUT2D eigenvalue weighted by Crippen LogP contribution is 2.20. The minimum atomic E-state index is -0.491.